The Hall–Kier alpha value is -1.76. The van der Waals surface area contributed by atoms with Gasteiger partial charge in [-0.2, -0.15) is 5.10 Å². The largest absolute Gasteiger partial charge is 0.487 e. The van der Waals surface area contributed by atoms with Crippen LogP contribution < -0.4 is 19.6 Å². The first-order valence-electron chi connectivity index (χ1n) is 10.2. The number of ether oxygens (including phenoxy) is 3. The highest BCUT2D eigenvalue weighted by molar-refractivity contribution is 14.1. The number of carbonyl (C=O) groups is 1. The molecule has 1 heterocycles. The second-order valence-corrected chi connectivity index (χ2v) is 10.5. The van der Waals surface area contributed by atoms with Gasteiger partial charge in [0.1, 0.15) is 25.6 Å². The Balaban J connectivity index is 1.34. The summed E-state index contributed by atoms with van der Waals surface area (Å²) in [7, 11) is 0. The van der Waals surface area contributed by atoms with Crippen LogP contribution in [-0.4, -0.2) is 25.3 Å². The van der Waals surface area contributed by atoms with Gasteiger partial charge in [-0.05, 0) is 92.7 Å². The number of rotatable bonds is 7. The Morgan fingerprint density at radius 1 is 1.03 bits per heavy atom. The third kappa shape index (κ3) is 6.67. The number of halogens is 4. The zero-order chi connectivity index (χ0) is 24.1. The molecule has 1 aliphatic rings. The molecule has 0 bridgehead atoms. The summed E-state index contributed by atoms with van der Waals surface area (Å²) in [6.07, 6.45) is 1.79. The van der Waals surface area contributed by atoms with Crippen molar-refractivity contribution in [3.63, 3.8) is 0 Å². The van der Waals surface area contributed by atoms with Crippen LogP contribution in [0.25, 0.3) is 0 Å². The molecule has 0 saturated carbocycles. The van der Waals surface area contributed by atoms with Crippen molar-refractivity contribution < 1.29 is 19.0 Å². The fourth-order valence-electron chi connectivity index (χ4n) is 3.18. The molecule has 0 aromatic heterocycles. The molecule has 0 saturated heterocycles. The lowest BCUT2D eigenvalue weighted by Gasteiger charge is -2.18. The first kappa shape index (κ1) is 25.3. The number of carbonyl (C=O) groups excluding carboxylic acids is 1. The summed E-state index contributed by atoms with van der Waals surface area (Å²) in [5.74, 6) is 1.88. The first-order chi connectivity index (χ1) is 16.4. The van der Waals surface area contributed by atoms with Crippen molar-refractivity contribution in [1.29, 1.82) is 0 Å². The zero-order valence-electron chi connectivity index (χ0n) is 17.6. The SMILES string of the molecule is O=C(Cc1ccc2c(c1)OCCO2)N/N=C/c1cc(I)c(OCc2ccc(Cl)cc2Cl)c(I)c1. The minimum Gasteiger partial charge on any atom is -0.487 e. The molecule has 0 radical (unpaired) electrons. The fraction of sp³-hybridized carbons (Fsp3) is 0.167. The van der Waals surface area contributed by atoms with Gasteiger partial charge in [-0.25, -0.2) is 5.43 Å². The van der Waals surface area contributed by atoms with Gasteiger partial charge in [0.2, 0.25) is 5.91 Å². The van der Waals surface area contributed by atoms with Crippen molar-refractivity contribution in [1.82, 2.24) is 5.43 Å². The van der Waals surface area contributed by atoms with Crippen LogP contribution in [0, 0.1) is 7.14 Å². The standard InChI is InChI=1S/C24H18Cl2I2N2O4/c25-17-3-2-16(18(26)11-17)13-34-24-19(27)7-15(8-20(24)28)12-29-30-23(31)10-14-1-4-21-22(9-14)33-6-5-32-21/h1-4,7-9,11-12H,5-6,10,13H2,(H,30,31)/b29-12+. The van der Waals surface area contributed by atoms with Gasteiger partial charge >= 0.3 is 0 Å². The summed E-state index contributed by atoms with van der Waals surface area (Å²) in [4.78, 5) is 12.3. The van der Waals surface area contributed by atoms with E-state index in [-0.39, 0.29) is 12.3 Å². The van der Waals surface area contributed by atoms with Crippen molar-refractivity contribution in [2.24, 2.45) is 5.10 Å². The molecular weight excluding hydrogens is 705 g/mol. The van der Waals surface area contributed by atoms with Crippen molar-refractivity contribution in [3.8, 4) is 17.2 Å². The van der Waals surface area contributed by atoms with Gasteiger partial charge in [0, 0.05) is 15.6 Å². The highest BCUT2D eigenvalue weighted by Gasteiger charge is 2.13. The molecule has 0 fully saturated rings. The van der Waals surface area contributed by atoms with Crippen LogP contribution in [0.4, 0.5) is 0 Å². The predicted octanol–water partition coefficient (Wildman–Crippen LogP) is 6.25. The van der Waals surface area contributed by atoms with Gasteiger partial charge in [-0.15, -0.1) is 0 Å². The number of nitrogens with zero attached hydrogens (tertiary/aromatic N) is 1. The topological polar surface area (TPSA) is 69.2 Å². The van der Waals surface area contributed by atoms with E-state index in [2.05, 4.69) is 55.7 Å². The summed E-state index contributed by atoms with van der Waals surface area (Å²) >= 11 is 16.6. The Bertz CT molecular complexity index is 1230. The maximum Gasteiger partial charge on any atom is 0.244 e. The molecule has 0 spiro atoms. The van der Waals surface area contributed by atoms with Crippen LogP contribution in [0.1, 0.15) is 16.7 Å². The molecule has 4 rings (SSSR count). The van der Waals surface area contributed by atoms with E-state index < -0.39 is 0 Å². The van der Waals surface area contributed by atoms with Gasteiger partial charge in [0.25, 0.3) is 0 Å². The van der Waals surface area contributed by atoms with Gasteiger partial charge < -0.3 is 14.2 Å². The normalized spacial score (nSPS) is 12.6. The highest BCUT2D eigenvalue weighted by Crippen LogP contribution is 2.32. The molecule has 0 aliphatic carbocycles. The Kier molecular flexibility index (Phi) is 8.78. The average molecular weight is 723 g/mol. The van der Waals surface area contributed by atoms with E-state index >= 15 is 0 Å². The predicted molar refractivity (Wildman–Crippen MR) is 150 cm³/mol. The number of hydrogen-bond donors (Lipinski definition) is 1. The maximum absolute atomic E-state index is 12.3. The van der Waals surface area contributed by atoms with Crippen molar-refractivity contribution in [3.05, 3.63) is 82.4 Å². The van der Waals surface area contributed by atoms with E-state index in [9.17, 15) is 4.79 Å². The highest BCUT2D eigenvalue weighted by atomic mass is 127. The quantitative estimate of drug-likeness (QED) is 0.178. The molecule has 0 unspecified atom stereocenters. The lowest BCUT2D eigenvalue weighted by atomic mass is 10.1. The summed E-state index contributed by atoms with van der Waals surface area (Å²) in [6, 6.07) is 14.7. The van der Waals surface area contributed by atoms with E-state index in [4.69, 9.17) is 37.4 Å². The third-order valence-corrected chi connectivity index (χ3v) is 6.97. The number of benzene rings is 3. The molecule has 176 valence electrons. The van der Waals surface area contributed by atoms with Crippen LogP contribution in [0.5, 0.6) is 17.2 Å². The molecule has 6 nitrogen and oxygen atoms in total. The summed E-state index contributed by atoms with van der Waals surface area (Å²) in [5, 5.41) is 5.24. The van der Waals surface area contributed by atoms with Crippen LogP contribution >= 0.6 is 68.4 Å². The fourth-order valence-corrected chi connectivity index (χ4v) is 5.77. The monoisotopic (exact) mass is 722 g/mol. The molecule has 1 amide bonds. The van der Waals surface area contributed by atoms with Gasteiger partial charge in [0.15, 0.2) is 11.5 Å². The first-order valence-corrected chi connectivity index (χ1v) is 13.1. The van der Waals surface area contributed by atoms with Crippen LogP contribution in [0.3, 0.4) is 0 Å². The van der Waals surface area contributed by atoms with Crippen LogP contribution in [0.15, 0.2) is 53.6 Å². The summed E-state index contributed by atoms with van der Waals surface area (Å²) in [5.41, 5.74) is 5.08. The Morgan fingerprint density at radius 2 is 1.76 bits per heavy atom. The second-order valence-electron chi connectivity index (χ2n) is 7.29. The van der Waals surface area contributed by atoms with E-state index in [0.29, 0.717) is 41.4 Å². The summed E-state index contributed by atoms with van der Waals surface area (Å²) in [6.45, 7) is 1.36. The smallest absolute Gasteiger partial charge is 0.244 e. The van der Waals surface area contributed by atoms with Crippen molar-refractivity contribution in [2.45, 2.75) is 13.0 Å². The van der Waals surface area contributed by atoms with Gasteiger partial charge in [-0.3, -0.25) is 4.79 Å². The number of nitrogens with one attached hydrogen (secondary N) is 1. The van der Waals surface area contributed by atoms with E-state index in [0.717, 1.165) is 29.6 Å². The molecule has 3 aromatic rings. The van der Waals surface area contributed by atoms with E-state index in [1.807, 2.05) is 36.4 Å². The molecule has 1 N–H and O–H groups in total. The zero-order valence-corrected chi connectivity index (χ0v) is 23.4. The molecule has 3 aromatic carbocycles. The van der Waals surface area contributed by atoms with Crippen molar-refractivity contribution in [2.75, 3.05) is 13.2 Å². The number of fused-ring (bicyclic) bond motifs is 1. The minimum atomic E-state index is -0.225. The molecule has 10 heteroatoms. The number of hydrogen-bond acceptors (Lipinski definition) is 5. The lowest BCUT2D eigenvalue weighted by Crippen LogP contribution is -2.20. The molecular formula is C24H18Cl2I2N2O4. The minimum absolute atomic E-state index is 0.184. The maximum atomic E-state index is 12.3. The molecule has 0 atom stereocenters. The van der Waals surface area contributed by atoms with Crippen LogP contribution in [-0.2, 0) is 17.8 Å². The lowest BCUT2D eigenvalue weighted by molar-refractivity contribution is -0.120. The summed E-state index contributed by atoms with van der Waals surface area (Å²) < 4.78 is 18.9. The Morgan fingerprint density at radius 3 is 2.50 bits per heavy atom. The number of amides is 1. The number of hydrazone groups is 1. The molecule has 1 aliphatic heterocycles. The van der Waals surface area contributed by atoms with E-state index in [1.54, 1.807) is 18.3 Å². The van der Waals surface area contributed by atoms with Crippen LogP contribution in [0.2, 0.25) is 10.0 Å². The van der Waals surface area contributed by atoms with Gasteiger partial charge in [0.05, 0.1) is 19.8 Å². The Labute approximate surface area is 234 Å². The van der Waals surface area contributed by atoms with Crippen molar-refractivity contribution >= 4 is 80.5 Å². The van der Waals surface area contributed by atoms with Gasteiger partial charge in [-0.1, -0.05) is 35.3 Å². The molecule has 34 heavy (non-hydrogen) atoms. The third-order valence-electron chi connectivity index (χ3n) is 4.78. The second kappa shape index (κ2) is 11.8. The van der Waals surface area contributed by atoms with E-state index in [1.165, 1.54) is 0 Å². The average Bonchev–Trinajstić information content (AvgIpc) is 2.79.